The molecule has 0 unspecified atom stereocenters. The number of rotatable bonds is 2. The van der Waals surface area contributed by atoms with E-state index >= 15 is 0 Å². The van der Waals surface area contributed by atoms with Crippen molar-refractivity contribution in [3.8, 4) is 0 Å². The predicted molar refractivity (Wildman–Crippen MR) is 99.3 cm³/mol. The molecule has 1 aromatic heterocycles. The predicted octanol–water partition coefficient (Wildman–Crippen LogP) is 2.55. The average Bonchev–Trinajstić information content (AvgIpc) is 2.61. The number of piperidine rings is 2. The second kappa shape index (κ2) is 7.78. The van der Waals surface area contributed by atoms with Gasteiger partial charge in [0.15, 0.2) is 5.82 Å². The topological polar surface area (TPSA) is 78.8 Å². The van der Waals surface area contributed by atoms with E-state index in [1.54, 1.807) is 4.90 Å². The van der Waals surface area contributed by atoms with Crippen molar-refractivity contribution in [2.45, 2.75) is 64.1 Å². The van der Waals surface area contributed by atoms with Crippen molar-refractivity contribution in [2.24, 2.45) is 0 Å². The zero-order chi connectivity index (χ0) is 18.7. The Morgan fingerprint density at radius 3 is 2.27 bits per heavy atom. The Hall–Kier alpha value is -1.89. The second-order valence-corrected chi connectivity index (χ2v) is 8.28. The standard InChI is InChI=1S/C19H30N4O3/c1-19(2,3)26-18(25)23-10-6-14(7-11-23)16-4-5-17(21-20-16)22-12-8-15(24)9-13-22/h4-5,14-15,24H,6-13H2,1-3H3. The monoisotopic (exact) mass is 362 g/mol. The zero-order valence-electron chi connectivity index (χ0n) is 16.0. The summed E-state index contributed by atoms with van der Waals surface area (Å²) in [5.74, 6) is 1.21. The molecule has 0 aromatic carbocycles. The number of hydrogen-bond donors (Lipinski definition) is 1. The molecule has 2 aliphatic heterocycles. The fourth-order valence-corrected chi connectivity index (χ4v) is 3.50. The van der Waals surface area contributed by atoms with Crippen molar-refractivity contribution in [3.05, 3.63) is 17.8 Å². The quantitative estimate of drug-likeness (QED) is 0.871. The van der Waals surface area contributed by atoms with Gasteiger partial charge >= 0.3 is 6.09 Å². The molecular formula is C19H30N4O3. The number of ether oxygens (including phenoxy) is 1. The Morgan fingerprint density at radius 1 is 1.08 bits per heavy atom. The van der Waals surface area contributed by atoms with Gasteiger partial charge in [0.1, 0.15) is 5.60 Å². The van der Waals surface area contributed by atoms with Crippen LogP contribution in [0.1, 0.15) is 58.1 Å². The first kappa shape index (κ1) is 18.9. The van der Waals surface area contributed by atoms with Crippen molar-refractivity contribution in [1.82, 2.24) is 15.1 Å². The van der Waals surface area contributed by atoms with Crippen molar-refractivity contribution in [2.75, 3.05) is 31.1 Å². The number of aliphatic hydroxyl groups is 1. The summed E-state index contributed by atoms with van der Waals surface area (Å²) in [7, 11) is 0. The van der Waals surface area contributed by atoms with Crippen LogP contribution >= 0.6 is 0 Å². The van der Waals surface area contributed by atoms with Crippen LogP contribution in [0.3, 0.4) is 0 Å². The molecule has 1 amide bonds. The second-order valence-electron chi connectivity index (χ2n) is 8.28. The van der Waals surface area contributed by atoms with Gasteiger partial charge < -0.3 is 19.6 Å². The summed E-state index contributed by atoms with van der Waals surface area (Å²) in [6.45, 7) is 8.68. The SMILES string of the molecule is CC(C)(C)OC(=O)N1CCC(c2ccc(N3CCC(O)CC3)nn2)CC1. The first-order chi connectivity index (χ1) is 12.3. The lowest BCUT2D eigenvalue weighted by atomic mass is 9.93. The van der Waals surface area contributed by atoms with Gasteiger partial charge in [-0.15, -0.1) is 5.10 Å². The van der Waals surface area contributed by atoms with E-state index in [0.717, 1.165) is 50.3 Å². The Bertz CT molecular complexity index is 598. The molecule has 0 atom stereocenters. The molecule has 0 bridgehead atoms. The van der Waals surface area contributed by atoms with Crippen LogP contribution < -0.4 is 4.90 Å². The molecule has 0 spiro atoms. The van der Waals surface area contributed by atoms with E-state index in [1.165, 1.54) is 0 Å². The smallest absolute Gasteiger partial charge is 0.410 e. The molecule has 144 valence electrons. The van der Waals surface area contributed by atoms with E-state index in [-0.39, 0.29) is 12.2 Å². The van der Waals surface area contributed by atoms with Crippen LogP contribution in [0.2, 0.25) is 0 Å². The lowest BCUT2D eigenvalue weighted by Crippen LogP contribution is -2.41. The van der Waals surface area contributed by atoms with Gasteiger partial charge in [-0.3, -0.25) is 0 Å². The van der Waals surface area contributed by atoms with Crippen LogP contribution in [-0.2, 0) is 4.74 Å². The maximum absolute atomic E-state index is 12.2. The number of amides is 1. The van der Waals surface area contributed by atoms with E-state index < -0.39 is 5.60 Å². The summed E-state index contributed by atoms with van der Waals surface area (Å²) in [5.41, 5.74) is 0.536. The summed E-state index contributed by atoms with van der Waals surface area (Å²) in [4.78, 5) is 16.1. The number of nitrogens with zero attached hydrogens (tertiary/aromatic N) is 4. The molecule has 1 N–H and O–H groups in total. The number of carbonyl (C=O) groups is 1. The lowest BCUT2D eigenvalue weighted by Gasteiger charge is -2.33. The van der Waals surface area contributed by atoms with Crippen LogP contribution in [-0.4, -0.2) is 64.2 Å². The van der Waals surface area contributed by atoms with Crippen LogP contribution in [0.25, 0.3) is 0 Å². The Labute approximate surface area is 155 Å². The number of hydrogen-bond acceptors (Lipinski definition) is 6. The maximum atomic E-state index is 12.2. The van der Waals surface area contributed by atoms with Gasteiger partial charge in [-0.2, -0.15) is 5.10 Å². The molecule has 0 saturated carbocycles. The lowest BCUT2D eigenvalue weighted by molar-refractivity contribution is 0.0204. The minimum absolute atomic E-state index is 0.186. The van der Waals surface area contributed by atoms with Crippen molar-refractivity contribution >= 4 is 11.9 Å². The molecule has 7 heteroatoms. The van der Waals surface area contributed by atoms with Gasteiger partial charge in [0, 0.05) is 32.1 Å². The zero-order valence-corrected chi connectivity index (χ0v) is 16.0. The Kier molecular flexibility index (Phi) is 5.65. The Balaban J connectivity index is 1.52. The third-order valence-electron chi connectivity index (χ3n) is 5.02. The first-order valence-corrected chi connectivity index (χ1v) is 9.56. The molecule has 0 aliphatic carbocycles. The minimum atomic E-state index is -0.459. The van der Waals surface area contributed by atoms with E-state index in [4.69, 9.17) is 4.74 Å². The summed E-state index contributed by atoms with van der Waals surface area (Å²) >= 11 is 0. The molecule has 7 nitrogen and oxygen atoms in total. The number of anilines is 1. The normalized spacial score (nSPS) is 20.3. The highest BCUT2D eigenvalue weighted by Gasteiger charge is 2.28. The summed E-state index contributed by atoms with van der Waals surface area (Å²) < 4.78 is 5.44. The van der Waals surface area contributed by atoms with Crippen LogP contribution in [0, 0.1) is 0 Å². The summed E-state index contributed by atoms with van der Waals surface area (Å²) in [6.07, 6.45) is 2.91. The van der Waals surface area contributed by atoms with Crippen molar-refractivity contribution in [1.29, 1.82) is 0 Å². The highest BCUT2D eigenvalue weighted by Crippen LogP contribution is 2.28. The van der Waals surface area contributed by atoms with Crippen LogP contribution in [0.15, 0.2) is 12.1 Å². The van der Waals surface area contributed by atoms with Crippen molar-refractivity contribution < 1.29 is 14.6 Å². The summed E-state index contributed by atoms with van der Waals surface area (Å²) in [6, 6.07) is 4.08. The van der Waals surface area contributed by atoms with Gasteiger partial charge in [0.25, 0.3) is 0 Å². The molecule has 3 rings (SSSR count). The van der Waals surface area contributed by atoms with Gasteiger partial charge in [0.05, 0.1) is 11.8 Å². The fraction of sp³-hybridized carbons (Fsp3) is 0.737. The highest BCUT2D eigenvalue weighted by atomic mass is 16.6. The molecule has 2 saturated heterocycles. The summed E-state index contributed by atoms with van der Waals surface area (Å²) in [5, 5.41) is 18.4. The van der Waals surface area contributed by atoms with E-state index in [2.05, 4.69) is 21.2 Å². The molecule has 1 aromatic rings. The molecular weight excluding hydrogens is 332 g/mol. The van der Waals surface area contributed by atoms with E-state index in [1.807, 2.05) is 26.8 Å². The first-order valence-electron chi connectivity index (χ1n) is 9.56. The number of likely N-dealkylation sites (tertiary alicyclic amines) is 1. The number of aliphatic hydroxyl groups excluding tert-OH is 1. The van der Waals surface area contributed by atoms with Gasteiger partial charge in [-0.05, 0) is 58.6 Å². The molecule has 3 heterocycles. The molecule has 2 fully saturated rings. The number of aromatic nitrogens is 2. The third-order valence-corrected chi connectivity index (χ3v) is 5.02. The van der Waals surface area contributed by atoms with Crippen LogP contribution in [0.4, 0.5) is 10.6 Å². The molecule has 0 radical (unpaired) electrons. The average molecular weight is 362 g/mol. The number of carbonyl (C=O) groups excluding carboxylic acids is 1. The molecule has 26 heavy (non-hydrogen) atoms. The third kappa shape index (κ3) is 4.84. The molecule has 2 aliphatic rings. The van der Waals surface area contributed by atoms with Gasteiger partial charge in [0.2, 0.25) is 0 Å². The Morgan fingerprint density at radius 2 is 1.73 bits per heavy atom. The van der Waals surface area contributed by atoms with Gasteiger partial charge in [-0.25, -0.2) is 4.79 Å². The largest absolute Gasteiger partial charge is 0.444 e. The van der Waals surface area contributed by atoms with Crippen LogP contribution in [0.5, 0.6) is 0 Å². The van der Waals surface area contributed by atoms with Gasteiger partial charge in [-0.1, -0.05) is 0 Å². The van der Waals surface area contributed by atoms with Crippen molar-refractivity contribution in [3.63, 3.8) is 0 Å². The minimum Gasteiger partial charge on any atom is -0.444 e. The fourth-order valence-electron chi connectivity index (χ4n) is 3.50. The highest BCUT2D eigenvalue weighted by molar-refractivity contribution is 5.68. The maximum Gasteiger partial charge on any atom is 0.410 e. The van der Waals surface area contributed by atoms with E-state index in [0.29, 0.717) is 19.0 Å². The van der Waals surface area contributed by atoms with E-state index in [9.17, 15) is 9.90 Å².